The van der Waals surface area contributed by atoms with E-state index in [9.17, 15) is 0 Å². The summed E-state index contributed by atoms with van der Waals surface area (Å²) >= 11 is 6.00. The van der Waals surface area contributed by atoms with E-state index < -0.39 is 8.32 Å². The molecule has 0 aliphatic heterocycles. The maximum absolute atomic E-state index is 6.11. The maximum atomic E-state index is 6.11. The molecule has 0 unspecified atom stereocenters. The third-order valence-electron chi connectivity index (χ3n) is 4.70. The zero-order valence-corrected chi connectivity index (χ0v) is 24.9. The van der Waals surface area contributed by atoms with Gasteiger partial charge in [0.25, 0.3) is 0 Å². The molecule has 0 saturated carbocycles. The van der Waals surface area contributed by atoms with Gasteiger partial charge >= 0.3 is 39.3 Å². The van der Waals surface area contributed by atoms with Crippen molar-refractivity contribution in [3.05, 3.63) is 58.7 Å². The third-order valence-corrected chi connectivity index (χ3v) is 5.77. The molecule has 3 nitrogen and oxygen atoms in total. The second kappa shape index (κ2) is 13.8. The van der Waals surface area contributed by atoms with Crippen LogP contribution < -0.4 is 0 Å². The van der Waals surface area contributed by atoms with Gasteiger partial charge in [0.05, 0.1) is 22.8 Å². The summed E-state index contributed by atoms with van der Waals surface area (Å²) in [4.78, 5) is 10.0. The average Bonchev–Trinajstić information content (AvgIpc) is 2.66. The molecule has 0 spiro atoms. The minimum absolute atomic E-state index is 0.680. The van der Waals surface area contributed by atoms with Gasteiger partial charge in [-0.25, -0.2) is 0 Å². The molecule has 0 aliphatic rings. The Morgan fingerprint density at radius 2 is 1.23 bits per heavy atom. The fraction of sp³-hybridized carbons (Fsp3) is 0.417. The van der Waals surface area contributed by atoms with Gasteiger partial charge in [0.2, 0.25) is 0 Å². The molecule has 7 heteroatoms. The number of hydrogen-bond donors (Lipinski definition) is 0. The summed E-state index contributed by atoms with van der Waals surface area (Å²) in [5.74, 6) is 0. The van der Waals surface area contributed by atoms with Gasteiger partial charge in [0, 0.05) is 13.0 Å². The predicted octanol–water partition coefficient (Wildman–Crippen LogP) is 8.72. The first kappa shape index (κ1) is 28.4. The normalized spacial score (nSPS) is 12.6. The summed E-state index contributed by atoms with van der Waals surface area (Å²) < 4.78 is 6.11. The molecule has 2 aromatic carbocycles. The molecule has 0 N–H and O–H groups in total. The molecule has 0 aliphatic carbocycles. The monoisotopic (exact) mass is 610 g/mol. The van der Waals surface area contributed by atoms with Crippen LogP contribution in [0, 0.1) is 27.7 Å². The van der Waals surface area contributed by atoms with E-state index in [0.717, 1.165) is 29.2 Å². The van der Waals surface area contributed by atoms with E-state index in [0.29, 0.717) is 6.61 Å². The SMILES string of the molecule is CC(=Nc1c(C)cccc1C)C(CCO[Si](C)(C)C)=Nc1c(C)cccc1C.[Br][Ni][Br]. The predicted molar refractivity (Wildman–Crippen MR) is 143 cm³/mol. The van der Waals surface area contributed by atoms with Crippen LogP contribution in [0.5, 0.6) is 0 Å². The first-order chi connectivity index (χ1) is 14.5. The van der Waals surface area contributed by atoms with Crippen LogP contribution >= 0.6 is 28.5 Å². The Kier molecular flexibility index (Phi) is 12.7. The Labute approximate surface area is 209 Å². The number of rotatable bonds is 7. The van der Waals surface area contributed by atoms with E-state index in [1.807, 2.05) is 0 Å². The molecule has 0 fully saturated rings. The number of nitrogens with zero attached hydrogens (tertiary/aromatic N) is 2. The van der Waals surface area contributed by atoms with Gasteiger partial charge in [-0.2, -0.15) is 0 Å². The van der Waals surface area contributed by atoms with E-state index in [2.05, 4.69) is 119 Å². The first-order valence-electron chi connectivity index (χ1n) is 10.2. The molecule has 0 radical (unpaired) electrons. The fourth-order valence-electron chi connectivity index (χ4n) is 3.10. The van der Waals surface area contributed by atoms with Crippen molar-refractivity contribution in [2.24, 2.45) is 9.98 Å². The van der Waals surface area contributed by atoms with Crippen LogP contribution in [-0.4, -0.2) is 26.3 Å². The van der Waals surface area contributed by atoms with Crippen molar-refractivity contribution in [3.63, 3.8) is 0 Å². The Morgan fingerprint density at radius 1 is 0.839 bits per heavy atom. The van der Waals surface area contributed by atoms with E-state index in [1.165, 1.54) is 33.2 Å². The van der Waals surface area contributed by atoms with Crippen LogP contribution in [0.4, 0.5) is 11.4 Å². The van der Waals surface area contributed by atoms with Crippen molar-refractivity contribution >= 4 is 59.6 Å². The van der Waals surface area contributed by atoms with Crippen molar-refractivity contribution < 1.29 is 15.3 Å². The number of hydrogen-bond acceptors (Lipinski definition) is 3. The second-order valence-corrected chi connectivity index (χ2v) is 18.0. The van der Waals surface area contributed by atoms with Crippen LogP contribution in [0.2, 0.25) is 19.6 Å². The van der Waals surface area contributed by atoms with E-state index in [-0.39, 0.29) is 0 Å². The van der Waals surface area contributed by atoms with Crippen LogP contribution in [0.3, 0.4) is 0 Å². The van der Waals surface area contributed by atoms with Crippen LogP contribution in [0.1, 0.15) is 35.6 Å². The topological polar surface area (TPSA) is 34.0 Å². The summed E-state index contributed by atoms with van der Waals surface area (Å²) in [6, 6.07) is 12.6. The molecule has 0 saturated heterocycles. The van der Waals surface area contributed by atoms with Crippen molar-refractivity contribution in [2.45, 2.75) is 60.7 Å². The quantitative estimate of drug-likeness (QED) is 0.227. The molecule has 0 heterocycles. The number of aliphatic imine (C=N–C) groups is 2. The van der Waals surface area contributed by atoms with Crippen LogP contribution in [0.25, 0.3) is 0 Å². The van der Waals surface area contributed by atoms with E-state index >= 15 is 0 Å². The molecule has 174 valence electrons. The summed E-state index contributed by atoms with van der Waals surface area (Å²) in [5, 5.41) is 0. The Balaban J connectivity index is 0.00000151. The van der Waals surface area contributed by atoms with E-state index in [4.69, 9.17) is 14.4 Å². The van der Waals surface area contributed by atoms with E-state index in [1.54, 1.807) is 0 Å². The number of halogens is 2. The molecule has 31 heavy (non-hydrogen) atoms. The van der Waals surface area contributed by atoms with Gasteiger partial charge in [-0.3, -0.25) is 9.98 Å². The van der Waals surface area contributed by atoms with Crippen molar-refractivity contribution in [3.8, 4) is 0 Å². The standard InChI is InChI=1S/C24H34N2OSi.2BrH.Ni/c1-17-11-9-12-18(2)23(17)25-21(5)22(15-16-27-28(6,7)8)26-24-19(3)13-10-14-20(24)4;;;/h9-14H,15-16H2,1-8H3;2*1H;/q;;;+2/p-2. The van der Waals surface area contributed by atoms with Crippen molar-refractivity contribution in [2.75, 3.05) is 6.61 Å². The van der Waals surface area contributed by atoms with Gasteiger partial charge in [-0.05, 0) is 76.5 Å². The van der Waals surface area contributed by atoms with Gasteiger partial charge in [-0.1, -0.05) is 36.4 Å². The second-order valence-electron chi connectivity index (χ2n) is 8.49. The van der Waals surface area contributed by atoms with Gasteiger partial charge in [0.1, 0.15) is 0 Å². The summed E-state index contributed by atoms with van der Waals surface area (Å²) in [7, 11) is -0.310. The molecule has 0 atom stereocenters. The number of aryl methyl sites for hydroxylation is 4. The molecule has 0 amide bonds. The molecule has 2 rings (SSSR count). The minimum atomic E-state index is -1.56. The molecule has 0 bridgehead atoms. The van der Waals surface area contributed by atoms with Crippen molar-refractivity contribution in [1.29, 1.82) is 0 Å². The fourth-order valence-corrected chi connectivity index (χ4v) is 3.82. The Morgan fingerprint density at radius 3 is 1.61 bits per heavy atom. The zero-order chi connectivity index (χ0) is 23.6. The third kappa shape index (κ3) is 10.3. The molecular formula is C24H34Br2N2NiOSi. The van der Waals surface area contributed by atoms with Crippen molar-refractivity contribution in [1.82, 2.24) is 0 Å². The summed E-state index contributed by atoms with van der Waals surface area (Å²) in [6.07, 6.45) is 0.762. The number of benzene rings is 2. The number of para-hydroxylation sites is 2. The summed E-state index contributed by atoms with van der Waals surface area (Å²) in [5.41, 5.74) is 8.78. The van der Waals surface area contributed by atoms with Gasteiger partial charge < -0.3 is 4.43 Å². The average molecular weight is 613 g/mol. The molecule has 2 aromatic rings. The zero-order valence-electron chi connectivity index (χ0n) is 19.8. The molecular weight excluding hydrogens is 579 g/mol. The van der Waals surface area contributed by atoms with Gasteiger partial charge in [0.15, 0.2) is 8.32 Å². The van der Waals surface area contributed by atoms with Gasteiger partial charge in [-0.15, -0.1) is 0 Å². The first-order valence-corrected chi connectivity index (χ1v) is 18.5. The molecule has 0 aromatic heterocycles. The Hall–Kier alpha value is -0.590. The summed E-state index contributed by atoms with van der Waals surface area (Å²) in [6.45, 7) is 17.8. The van der Waals surface area contributed by atoms with Crippen LogP contribution in [0.15, 0.2) is 46.4 Å². The van der Waals surface area contributed by atoms with Crippen LogP contribution in [-0.2, 0) is 15.3 Å². The Bertz CT molecular complexity index is 884.